The van der Waals surface area contributed by atoms with Crippen molar-refractivity contribution in [3.63, 3.8) is 0 Å². The quantitative estimate of drug-likeness (QED) is 0.679. The molecule has 0 aromatic heterocycles. The lowest BCUT2D eigenvalue weighted by atomic mass is 9.88. The molecule has 0 bridgehead atoms. The summed E-state index contributed by atoms with van der Waals surface area (Å²) in [5.41, 5.74) is 1.12. The van der Waals surface area contributed by atoms with E-state index in [0.717, 1.165) is 38.2 Å². The molecule has 1 fully saturated rings. The highest BCUT2D eigenvalue weighted by molar-refractivity contribution is 6.05. The van der Waals surface area contributed by atoms with Crippen LogP contribution in [0.1, 0.15) is 48.0 Å². The minimum Gasteiger partial charge on any atom is -0.481 e. The first-order chi connectivity index (χ1) is 13.9. The van der Waals surface area contributed by atoms with Crippen LogP contribution < -0.4 is 10.6 Å². The Kier molecular flexibility index (Phi) is 6.59. The lowest BCUT2D eigenvalue weighted by molar-refractivity contribution is -0.136. The van der Waals surface area contributed by atoms with Crippen molar-refractivity contribution in [1.29, 1.82) is 0 Å². The van der Waals surface area contributed by atoms with Gasteiger partial charge in [0.15, 0.2) is 0 Å². The number of halogens is 1. The number of hydrogen-bond acceptors (Lipinski definition) is 3. The summed E-state index contributed by atoms with van der Waals surface area (Å²) >= 11 is 0. The number of benzene rings is 2. The summed E-state index contributed by atoms with van der Waals surface area (Å²) in [6.07, 6.45) is 4.62. The van der Waals surface area contributed by atoms with E-state index in [0.29, 0.717) is 11.3 Å². The Morgan fingerprint density at radius 3 is 2.38 bits per heavy atom. The number of anilines is 2. The van der Waals surface area contributed by atoms with Crippen molar-refractivity contribution in [3.05, 3.63) is 59.4 Å². The van der Waals surface area contributed by atoms with E-state index in [1.54, 1.807) is 24.3 Å². The number of hydrogen-bond donors (Lipinski definition) is 3. The molecular weight excluding hydrogens is 375 g/mol. The summed E-state index contributed by atoms with van der Waals surface area (Å²) in [7, 11) is 0. The van der Waals surface area contributed by atoms with Gasteiger partial charge < -0.3 is 15.7 Å². The Balaban J connectivity index is 1.65. The van der Waals surface area contributed by atoms with Crippen LogP contribution >= 0.6 is 0 Å². The zero-order valence-electron chi connectivity index (χ0n) is 15.9. The van der Waals surface area contributed by atoms with Crippen molar-refractivity contribution < 1.29 is 23.9 Å². The average molecular weight is 398 g/mol. The second-order valence-electron chi connectivity index (χ2n) is 7.24. The molecule has 1 aliphatic carbocycles. The van der Waals surface area contributed by atoms with Crippen LogP contribution in [-0.4, -0.2) is 22.9 Å². The van der Waals surface area contributed by atoms with E-state index in [1.807, 2.05) is 0 Å². The first-order valence-electron chi connectivity index (χ1n) is 9.65. The Labute approximate surface area is 168 Å². The fraction of sp³-hybridized carbons (Fsp3) is 0.318. The predicted molar refractivity (Wildman–Crippen MR) is 107 cm³/mol. The van der Waals surface area contributed by atoms with Gasteiger partial charge in [-0.3, -0.25) is 14.4 Å². The third kappa shape index (κ3) is 5.63. The average Bonchev–Trinajstić information content (AvgIpc) is 2.70. The second kappa shape index (κ2) is 9.32. The van der Waals surface area contributed by atoms with Gasteiger partial charge in [-0.2, -0.15) is 0 Å². The summed E-state index contributed by atoms with van der Waals surface area (Å²) in [5, 5.41) is 14.2. The van der Waals surface area contributed by atoms with E-state index in [9.17, 15) is 18.8 Å². The Bertz CT molecular complexity index is 923. The van der Waals surface area contributed by atoms with Crippen LogP contribution in [-0.2, 0) is 16.0 Å². The van der Waals surface area contributed by atoms with Crippen LogP contribution in [0.25, 0.3) is 0 Å². The summed E-state index contributed by atoms with van der Waals surface area (Å²) in [4.78, 5) is 35.6. The zero-order chi connectivity index (χ0) is 20.8. The molecule has 0 atom stereocenters. The largest absolute Gasteiger partial charge is 0.481 e. The van der Waals surface area contributed by atoms with E-state index >= 15 is 0 Å². The summed E-state index contributed by atoms with van der Waals surface area (Å²) in [5.74, 6) is -2.30. The molecule has 0 unspecified atom stereocenters. The van der Waals surface area contributed by atoms with Crippen LogP contribution in [0.5, 0.6) is 0 Å². The number of carbonyl (C=O) groups excluding carboxylic acids is 2. The highest BCUT2D eigenvalue weighted by Gasteiger charge is 2.21. The Hall–Kier alpha value is -3.22. The van der Waals surface area contributed by atoms with Gasteiger partial charge in [-0.05, 0) is 48.7 Å². The van der Waals surface area contributed by atoms with Gasteiger partial charge in [0, 0.05) is 22.9 Å². The summed E-state index contributed by atoms with van der Waals surface area (Å²) in [6.45, 7) is 0. The molecule has 0 spiro atoms. The van der Waals surface area contributed by atoms with E-state index < -0.39 is 24.1 Å². The molecule has 2 aromatic rings. The molecule has 0 aliphatic heterocycles. The summed E-state index contributed by atoms with van der Waals surface area (Å²) in [6, 6.07) is 10.4. The molecular formula is C22H23FN2O4. The van der Waals surface area contributed by atoms with E-state index in [4.69, 9.17) is 5.11 Å². The number of carboxylic acid groups (broad SMARTS) is 1. The van der Waals surface area contributed by atoms with E-state index in [2.05, 4.69) is 10.6 Å². The number of aliphatic carboxylic acids is 1. The standard InChI is InChI=1S/C22H23FN2O4/c23-19-13-18(10-9-15(19)12-20(26)27)25-22(29)16-7-4-8-17(11-16)24-21(28)14-5-2-1-3-6-14/h4,7-11,13-14H,1-3,5-6,12H2,(H,24,28)(H,25,29)(H,26,27). The molecule has 2 amide bonds. The third-order valence-corrected chi connectivity index (χ3v) is 5.02. The maximum Gasteiger partial charge on any atom is 0.307 e. The van der Waals surface area contributed by atoms with Crippen molar-refractivity contribution in [1.82, 2.24) is 0 Å². The molecule has 1 saturated carbocycles. The molecule has 152 valence electrons. The zero-order valence-corrected chi connectivity index (χ0v) is 15.9. The molecule has 7 heteroatoms. The van der Waals surface area contributed by atoms with Gasteiger partial charge in [-0.25, -0.2) is 4.39 Å². The molecule has 3 rings (SSSR count). The third-order valence-electron chi connectivity index (χ3n) is 5.02. The van der Waals surface area contributed by atoms with Gasteiger partial charge in [-0.1, -0.05) is 31.4 Å². The second-order valence-corrected chi connectivity index (χ2v) is 7.24. The van der Waals surface area contributed by atoms with Crippen LogP contribution in [0, 0.1) is 11.7 Å². The SMILES string of the molecule is O=C(O)Cc1ccc(NC(=O)c2cccc(NC(=O)C3CCCCC3)c2)cc1F. The van der Waals surface area contributed by atoms with Crippen molar-refractivity contribution in [3.8, 4) is 0 Å². The van der Waals surface area contributed by atoms with E-state index in [1.165, 1.54) is 12.1 Å². The minimum absolute atomic E-state index is 0.00789. The normalized spacial score (nSPS) is 14.2. The van der Waals surface area contributed by atoms with Gasteiger partial charge in [0.2, 0.25) is 5.91 Å². The predicted octanol–water partition coefficient (Wildman–Crippen LogP) is 4.22. The molecule has 0 saturated heterocycles. The van der Waals surface area contributed by atoms with Gasteiger partial charge >= 0.3 is 5.97 Å². The Morgan fingerprint density at radius 2 is 1.69 bits per heavy atom. The topological polar surface area (TPSA) is 95.5 Å². The maximum absolute atomic E-state index is 14.0. The van der Waals surface area contributed by atoms with Crippen LogP contribution in [0.15, 0.2) is 42.5 Å². The number of carbonyl (C=O) groups is 3. The lowest BCUT2D eigenvalue weighted by Gasteiger charge is -2.20. The fourth-order valence-corrected chi connectivity index (χ4v) is 3.48. The van der Waals surface area contributed by atoms with Crippen molar-refractivity contribution in [2.75, 3.05) is 10.6 Å². The minimum atomic E-state index is -1.13. The first kappa shape index (κ1) is 20.5. The summed E-state index contributed by atoms with van der Waals surface area (Å²) < 4.78 is 14.0. The number of nitrogens with one attached hydrogen (secondary N) is 2. The number of amides is 2. The highest BCUT2D eigenvalue weighted by atomic mass is 19.1. The van der Waals surface area contributed by atoms with Gasteiger partial charge in [0.1, 0.15) is 5.82 Å². The van der Waals surface area contributed by atoms with Crippen molar-refractivity contribution in [2.45, 2.75) is 38.5 Å². The van der Waals surface area contributed by atoms with Crippen LogP contribution in [0.2, 0.25) is 0 Å². The fourth-order valence-electron chi connectivity index (χ4n) is 3.48. The molecule has 0 heterocycles. The van der Waals surface area contributed by atoms with Gasteiger partial charge in [0.05, 0.1) is 6.42 Å². The molecule has 0 radical (unpaired) electrons. The molecule has 29 heavy (non-hydrogen) atoms. The maximum atomic E-state index is 14.0. The lowest BCUT2D eigenvalue weighted by Crippen LogP contribution is -2.24. The monoisotopic (exact) mass is 398 g/mol. The smallest absolute Gasteiger partial charge is 0.307 e. The molecule has 3 N–H and O–H groups in total. The molecule has 6 nitrogen and oxygen atoms in total. The van der Waals surface area contributed by atoms with Crippen molar-refractivity contribution in [2.24, 2.45) is 5.92 Å². The van der Waals surface area contributed by atoms with Crippen LogP contribution in [0.4, 0.5) is 15.8 Å². The number of rotatable bonds is 6. The van der Waals surface area contributed by atoms with E-state index in [-0.39, 0.29) is 23.1 Å². The van der Waals surface area contributed by atoms with Gasteiger partial charge in [0.25, 0.3) is 5.91 Å². The molecule has 1 aliphatic rings. The first-order valence-corrected chi connectivity index (χ1v) is 9.65. The molecule has 2 aromatic carbocycles. The highest BCUT2D eigenvalue weighted by Crippen LogP contribution is 2.25. The van der Waals surface area contributed by atoms with Gasteiger partial charge in [-0.15, -0.1) is 0 Å². The van der Waals surface area contributed by atoms with Crippen molar-refractivity contribution >= 4 is 29.2 Å². The Morgan fingerprint density at radius 1 is 0.966 bits per heavy atom. The van der Waals surface area contributed by atoms with Crippen LogP contribution in [0.3, 0.4) is 0 Å². The number of carboxylic acids is 1.